The number of halogens is 1. The van der Waals surface area contributed by atoms with Gasteiger partial charge in [0.2, 0.25) is 5.13 Å². The zero-order chi connectivity index (χ0) is 9.97. The molecule has 0 atom stereocenters. The molecule has 0 bridgehead atoms. The Bertz CT molecular complexity index is 442. The lowest BCUT2D eigenvalue weighted by atomic mass is 10.4. The van der Waals surface area contributed by atoms with Crippen molar-refractivity contribution in [2.24, 2.45) is 0 Å². The van der Waals surface area contributed by atoms with E-state index in [0.29, 0.717) is 0 Å². The summed E-state index contributed by atoms with van der Waals surface area (Å²) in [4.78, 5) is 4.36. The van der Waals surface area contributed by atoms with E-state index in [9.17, 15) is 0 Å². The van der Waals surface area contributed by atoms with E-state index in [1.165, 1.54) is 11.3 Å². The van der Waals surface area contributed by atoms with Gasteiger partial charge in [0.1, 0.15) is 9.39 Å². The van der Waals surface area contributed by atoms with Crippen LogP contribution < -0.4 is 5.32 Å². The van der Waals surface area contributed by atoms with Crippen LogP contribution in [-0.4, -0.2) is 22.2 Å². The minimum absolute atomic E-state index is 0.806. The van der Waals surface area contributed by atoms with Crippen molar-refractivity contribution in [3.63, 3.8) is 0 Å². The summed E-state index contributed by atoms with van der Waals surface area (Å²) in [5.41, 5.74) is 0.871. The van der Waals surface area contributed by atoms with Gasteiger partial charge < -0.3 is 5.32 Å². The van der Waals surface area contributed by atoms with Crippen LogP contribution in [0.15, 0.2) is 18.2 Å². The minimum atomic E-state index is 0.806. The number of rotatable bonds is 2. The number of nitrogens with zero attached hydrogens (tertiary/aromatic N) is 3. The van der Waals surface area contributed by atoms with Crippen molar-refractivity contribution in [2.45, 2.75) is 0 Å². The Morgan fingerprint density at radius 1 is 1.36 bits per heavy atom. The second kappa shape index (κ2) is 4.18. The number of hydrogen-bond donors (Lipinski definition) is 1. The van der Waals surface area contributed by atoms with Crippen molar-refractivity contribution < 1.29 is 0 Å². The van der Waals surface area contributed by atoms with Gasteiger partial charge in [-0.05, 0) is 34.7 Å². The molecule has 2 aromatic rings. The van der Waals surface area contributed by atoms with Crippen molar-refractivity contribution in [3.05, 3.63) is 21.9 Å². The first-order chi connectivity index (χ1) is 6.79. The lowest BCUT2D eigenvalue weighted by Gasteiger charge is -1.93. The zero-order valence-corrected chi connectivity index (χ0v) is 10.3. The van der Waals surface area contributed by atoms with E-state index in [2.05, 4.69) is 43.1 Å². The Hall–Kier alpha value is -0.760. The van der Waals surface area contributed by atoms with Crippen LogP contribution in [0.2, 0.25) is 0 Å². The lowest BCUT2D eigenvalue weighted by Crippen LogP contribution is -1.85. The third kappa shape index (κ3) is 2.01. The molecular weight excluding hydrogens is 311 g/mol. The Kier molecular flexibility index (Phi) is 2.92. The molecule has 0 aliphatic carbocycles. The molecule has 72 valence electrons. The molecule has 0 unspecified atom stereocenters. The van der Waals surface area contributed by atoms with Crippen LogP contribution in [0.25, 0.3) is 10.7 Å². The summed E-state index contributed by atoms with van der Waals surface area (Å²) < 4.78 is 0.960. The molecule has 2 heterocycles. The van der Waals surface area contributed by atoms with Gasteiger partial charge in [0.15, 0.2) is 5.01 Å². The van der Waals surface area contributed by atoms with Crippen molar-refractivity contribution in [1.29, 1.82) is 0 Å². The van der Waals surface area contributed by atoms with E-state index < -0.39 is 0 Å². The summed E-state index contributed by atoms with van der Waals surface area (Å²) >= 11 is 3.67. The van der Waals surface area contributed by atoms with Crippen LogP contribution in [0, 0.1) is 3.70 Å². The first-order valence-electron chi connectivity index (χ1n) is 3.94. The van der Waals surface area contributed by atoms with Gasteiger partial charge in [-0.3, -0.25) is 0 Å². The minimum Gasteiger partial charge on any atom is -0.363 e. The molecule has 0 saturated carbocycles. The van der Waals surface area contributed by atoms with E-state index in [4.69, 9.17) is 0 Å². The van der Waals surface area contributed by atoms with Crippen molar-refractivity contribution >= 4 is 39.1 Å². The number of pyridine rings is 1. The van der Waals surface area contributed by atoms with Crippen LogP contribution in [0.1, 0.15) is 0 Å². The average molecular weight is 318 g/mol. The molecule has 0 aromatic carbocycles. The van der Waals surface area contributed by atoms with E-state index in [-0.39, 0.29) is 0 Å². The second-order valence-electron chi connectivity index (χ2n) is 2.51. The maximum atomic E-state index is 4.36. The maximum Gasteiger partial charge on any atom is 0.205 e. The SMILES string of the molecule is CNc1nnc(-c2cccc(I)n2)s1. The fourth-order valence-electron chi connectivity index (χ4n) is 0.955. The van der Waals surface area contributed by atoms with E-state index >= 15 is 0 Å². The summed E-state index contributed by atoms with van der Waals surface area (Å²) in [6, 6.07) is 5.84. The van der Waals surface area contributed by atoms with Gasteiger partial charge in [-0.1, -0.05) is 17.4 Å². The highest BCUT2D eigenvalue weighted by Gasteiger charge is 2.06. The summed E-state index contributed by atoms with van der Waals surface area (Å²) in [5, 5.41) is 12.6. The van der Waals surface area contributed by atoms with E-state index in [0.717, 1.165) is 19.5 Å². The molecule has 6 heteroatoms. The molecule has 2 rings (SSSR count). The van der Waals surface area contributed by atoms with Crippen LogP contribution in [0.4, 0.5) is 5.13 Å². The molecular formula is C8H7IN4S. The van der Waals surface area contributed by atoms with Crippen LogP contribution >= 0.6 is 33.9 Å². The smallest absolute Gasteiger partial charge is 0.205 e. The molecule has 14 heavy (non-hydrogen) atoms. The summed E-state index contributed by atoms with van der Waals surface area (Å²) in [6.45, 7) is 0. The first kappa shape index (κ1) is 9.78. The Labute approximate surface area is 98.9 Å². The summed E-state index contributed by atoms with van der Waals surface area (Å²) in [6.07, 6.45) is 0. The zero-order valence-electron chi connectivity index (χ0n) is 7.36. The van der Waals surface area contributed by atoms with Gasteiger partial charge in [-0.2, -0.15) is 0 Å². The molecule has 0 saturated heterocycles. The predicted molar refractivity (Wildman–Crippen MR) is 65.4 cm³/mol. The molecule has 1 N–H and O–H groups in total. The lowest BCUT2D eigenvalue weighted by molar-refractivity contribution is 1.08. The monoisotopic (exact) mass is 318 g/mol. The van der Waals surface area contributed by atoms with Gasteiger partial charge in [0.05, 0.1) is 0 Å². The third-order valence-electron chi connectivity index (χ3n) is 1.57. The van der Waals surface area contributed by atoms with Crippen LogP contribution in [0.5, 0.6) is 0 Å². The molecule has 0 radical (unpaired) electrons. The quantitative estimate of drug-likeness (QED) is 0.682. The third-order valence-corrected chi connectivity index (χ3v) is 3.14. The molecule has 0 aliphatic rings. The van der Waals surface area contributed by atoms with Gasteiger partial charge in [-0.15, -0.1) is 10.2 Å². The highest BCUT2D eigenvalue weighted by Crippen LogP contribution is 2.24. The van der Waals surface area contributed by atoms with Gasteiger partial charge in [-0.25, -0.2) is 4.98 Å². The van der Waals surface area contributed by atoms with Crippen molar-refractivity contribution in [1.82, 2.24) is 15.2 Å². The molecule has 2 aromatic heterocycles. The van der Waals surface area contributed by atoms with Crippen LogP contribution in [0.3, 0.4) is 0 Å². The number of nitrogens with one attached hydrogen (secondary N) is 1. The first-order valence-corrected chi connectivity index (χ1v) is 5.83. The standard InChI is InChI=1S/C8H7IN4S/c1-10-8-13-12-7(14-8)5-3-2-4-6(9)11-5/h2-4H,1H3,(H,10,13). The topological polar surface area (TPSA) is 50.7 Å². The fourth-order valence-corrected chi connectivity index (χ4v) is 2.09. The van der Waals surface area contributed by atoms with Gasteiger partial charge in [0.25, 0.3) is 0 Å². The second-order valence-corrected chi connectivity index (χ2v) is 4.59. The fraction of sp³-hybridized carbons (Fsp3) is 0.125. The highest BCUT2D eigenvalue weighted by molar-refractivity contribution is 14.1. The number of aromatic nitrogens is 3. The number of hydrogen-bond acceptors (Lipinski definition) is 5. The van der Waals surface area contributed by atoms with Gasteiger partial charge >= 0.3 is 0 Å². The Balaban J connectivity index is 2.39. The molecule has 0 fully saturated rings. The predicted octanol–water partition coefficient (Wildman–Crippen LogP) is 2.25. The Morgan fingerprint density at radius 3 is 2.86 bits per heavy atom. The van der Waals surface area contributed by atoms with E-state index in [1.54, 1.807) is 0 Å². The molecule has 0 spiro atoms. The van der Waals surface area contributed by atoms with Crippen molar-refractivity contribution in [3.8, 4) is 10.7 Å². The maximum absolute atomic E-state index is 4.36. The van der Waals surface area contributed by atoms with E-state index in [1.807, 2.05) is 25.2 Å². The average Bonchev–Trinajstić information content (AvgIpc) is 2.66. The van der Waals surface area contributed by atoms with Crippen LogP contribution in [-0.2, 0) is 0 Å². The molecule has 0 aliphatic heterocycles. The summed E-state index contributed by atoms with van der Waals surface area (Å²) in [5.74, 6) is 0. The number of anilines is 1. The highest BCUT2D eigenvalue weighted by atomic mass is 127. The molecule has 0 amide bonds. The Morgan fingerprint density at radius 2 is 2.21 bits per heavy atom. The normalized spacial score (nSPS) is 10.1. The largest absolute Gasteiger partial charge is 0.363 e. The van der Waals surface area contributed by atoms with Gasteiger partial charge in [0, 0.05) is 7.05 Å². The molecule has 4 nitrogen and oxygen atoms in total. The van der Waals surface area contributed by atoms with Crippen molar-refractivity contribution in [2.75, 3.05) is 12.4 Å². The summed E-state index contributed by atoms with van der Waals surface area (Å²) in [7, 11) is 1.83.